The topological polar surface area (TPSA) is 29.3 Å². The van der Waals surface area contributed by atoms with Crippen molar-refractivity contribution in [2.75, 3.05) is 6.54 Å². The molecule has 0 aliphatic rings. The summed E-state index contributed by atoms with van der Waals surface area (Å²) in [6.45, 7) is 3.10. The van der Waals surface area contributed by atoms with Crippen molar-refractivity contribution in [1.29, 1.82) is 0 Å². The molecule has 0 amide bonds. The monoisotopic (exact) mass is 328 g/mol. The molecule has 0 aliphatic heterocycles. The molecule has 0 radical (unpaired) electrons. The van der Waals surface area contributed by atoms with Gasteiger partial charge in [0.15, 0.2) is 5.76 Å². The summed E-state index contributed by atoms with van der Waals surface area (Å²) >= 11 is 0. The molecular formula is C19H18F2N2O. The minimum atomic E-state index is -0.536. The lowest BCUT2D eigenvalue weighted by atomic mass is 10.2. The van der Waals surface area contributed by atoms with Crippen LogP contribution in [0.5, 0.6) is 0 Å². The van der Waals surface area contributed by atoms with Crippen LogP contribution in [-0.2, 0) is 13.1 Å². The molecule has 24 heavy (non-hydrogen) atoms. The molecule has 124 valence electrons. The van der Waals surface area contributed by atoms with Gasteiger partial charge in [0.05, 0.1) is 12.7 Å². The van der Waals surface area contributed by atoms with Crippen LogP contribution in [0.3, 0.4) is 0 Å². The van der Waals surface area contributed by atoms with Gasteiger partial charge in [0.25, 0.3) is 0 Å². The summed E-state index contributed by atoms with van der Waals surface area (Å²) < 4.78 is 33.4. The molecule has 0 spiro atoms. The fourth-order valence-electron chi connectivity index (χ4n) is 2.50. The first kappa shape index (κ1) is 16.3. The van der Waals surface area contributed by atoms with Gasteiger partial charge >= 0.3 is 0 Å². The number of hydrogen-bond donors (Lipinski definition) is 0. The number of hydrogen-bond acceptors (Lipinski definition) is 3. The molecule has 3 nitrogen and oxygen atoms in total. The molecule has 0 fully saturated rings. The Balaban J connectivity index is 1.73. The van der Waals surface area contributed by atoms with E-state index in [9.17, 15) is 8.78 Å². The summed E-state index contributed by atoms with van der Waals surface area (Å²) in [4.78, 5) is 6.15. The van der Waals surface area contributed by atoms with E-state index in [1.807, 2.05) is 42.2 Å². The van der Waals surface area contributed by atoms with Gasteiger partial charge in [0.1, 0.15) is 11.6 Å². The van der Waals surface area contributed by atoms with E-state index in [2.05, 4.69) is 4.98 Å². The van der Waals surface area contributed by atoms with Crippen molar-refractivity contribution >= 4 is 0 Å². The Labute approximate surface area is 139 Å². The van der Waals surface area contributed by atoms with Crippen LogP contribution in [0.25, 0.3) is 11.3 Å². The van der Waals surface area contributed by atoms with Gasteiger partial charge in [0, 0.05) is 17.7 Å². The molecule has 5 heteroatoms. The van der Waals surface area contributed by atoms with Gasteiger partial charge in [-0.15, -0.1) is 0 Å². The number of halogens is 2. The van der Waals surface area contributed by atoms with Crippen LogP contribution in [0.2, 0.25) is 0 Å². The summed E-state index contributed by atoms with van der Waals surface area (Å²) in [5.41, 5.74) is 1.01. The van der Waals surface area contributed by atoms with Crippen LogP contribution in [0.1, 0.15) is 18.4 Å². The molecule has 3 rings (SSSR count). The van der Waals surface area contributed by atoms with E-state index in [1.54, 1.807) is 6.20 Å². The fourth-order valence-corrected chi connectivity index (χ4v) is 2.50. The smallest absolute Gasteiger partial charge is 0.209 e. The average Bonchev–Trinajstić information content (AvgIpc) is 3.06. The molecule has 0 unspecified atom stereocenters. The fraction of sp³-hybridized carbons (Fsp3) is 0.211. The summed E-state index contributed by atoms with van der Waals surface area (Å²) in [5.74, 6) is 0.128. The second-order valence-electron chi connectivity index (χ2n) is 5.49. The maximum Gasteiger partial charge on any atom is 0.209 e. The molecule has 1 aromatic heterocycles. The highest BCUT2D eigenvalue weighted by molar-refractivity contribution is 5.55. The first-order valence-corrected chi connectivity index (χ1v) is 7.82. The maximum absolute atomic E-state index is 13.8. The van der Waals surface area contributed by atoms with Gasteiger partial charge in [-0.05, 0) is 18.7 Å². The highest BCUT2D eigenvalue weighted by atomic mass is 19.1. The molecule has 1 heterocycles. The SMILES string of the molecule is CCN(Cc1ncc(-c2ccccc2)o1)Cc1c(F)cccc1F. The maximum atomic E-state index is 13.8. The Morgan fingerprint density at radius 1 is 0.958 bits per heavy atom. The number of benzene rings is 2. The van der Waals surface area contributed by atoms with Crippen molar-refractivity contribution in [3.8, 4) is 11.3 Å². The van der Waals surface area contributed by atoms with Crippen molar-refractivity contribution in [2.45, 2.75) is 20.0 Å². The van der Waals surface area contributed by atoms with Crippen LogP contribution >= 0.6 is 0 Å². The highest BCUT2D eigenvalue weighted by Gasteiger charge is 2.15. The first-order chi connectivity index (χ1) is 11.7. The minimum absolute atomic E-state index is 0.0641. The zero-order chi connectivity index (χ0) is 16.9. The predicted octanol–water partition coefficient (Wildman–Crippen LogP) is 4.64. The van der Waals surface area contributed by atoms with Gasteiger partial charge in [-0.25, -0.2) is 13.8 Å². The van der Waals surface area contributed by atoms with E-state index in [4.69, 9.17) is 4.42 Å². The lowest BCUT2D eigenvalue weighted by Gasteiger charge is -2.19. The Bertz CT molecular complexity index is 782. The molecule has 0 bridgehead atoms. The van der Waals surface area contributed by atoms with Crippen molar-refractivity contribution in [2.24, 2.45) is 0 Å². The van der Waals surface area contributed by atoms with Gasteiger partial charge in [-0.3, -0.25) is 4.90 Å². The Kier molecular flexibility index (Phi) is 5.01. The van der Waals surface area contributed by atoms with Crippen LogP contribution in [0.15, 0.2) is 59.1 Å². The molecule has 3 aromatic rings. The first-order valence-electron chi connectivity index (χ1n) is 7.82. The highest BCUT2D eigenvalue weighted by Crippen LogP contribution is 2.21. The Morgan fingerprint density at radius 2 is 1.67 bits per heavy atom. The molecule has 0 aliphatic carbocycles. The summed E-state index contributed by atoms with van der Waals surface area (Å²) in [6.07, 6.45) is 1.67. The number of aromatic nitrogens is 1. The van der Waals surface area contributed by atoms with Crippen molar-refractivity contribution in [3.63, 3.8) is 0 Å². The number of nitrogens with zero attached hydrogens (tertiary/aromatic N) is 2. The largest absolute Gasteiger partial charge is 0.439 e. The second-order valence-corrected chi connectivity index (χ2v) is 5.49. The van der Waals surface area contributed by atoms with E-state index < -0.39 is 11.6 Å². The van der Waals surface area contributed by atoms with E-state index in [-0.39, 0.29) is 12.1 Å². The summed E-state index contributed by atoms with van der Waals surface area (Å²) in [6, 6.07) is 13.6. The summed E-state index contributed by atoms with van der Waals surface area (Å²) in [5, 5.41) is 0. The van der Waals surface area contributed by atoms with Gasteiger partial charge in [0.2, 0.25) is 5.89 Å². The van der Waals surface area contributed by atoms with E-state index >= 15 is 0 Å². The third kappa shape index (κ3) is 3.68. The van der Waals surface area contributed by atoms with Gasteiger partial charge < -0.3 is 4.42 Å². The lowest BCUT2D eigenvalue weighted by Crippen LogP contribution is -2.23. The van der Waals surface area contributed by atoms with Gasteiger partial charge in [-0.2, -0.15) is 0 Å². The molecule has 0 saturated heterocycles. The third-order valence-electron chi connectivity index (χ3n) is 3.86. The van der Waals surface area contributed by atoms with Crippen molar-refractivity contribution in [3.05, 3.63) is 77.8 Å². The molecule has 0 N–H and O–H groups in total. The molecule has 0 saturated carbocycles. The van der Waals surface area contributed by atoms with E-state index in [0.29, 0.717) is 24.7 Å². The van der Waals surface area contributed by atoms with Crippen LogP contribution in [0, 0.1) is 11.6 Å². The van der Waals surface area contributed by atoms with E-state index in [1.165, 1.54) is 18.2 Å². The average molecular weight is 328 g/mol. The Hall–Kier alpha value is -2.53. The normalized spacial score (nSPS) is 11.2. The quantitative estimate of drug-likeness (QED) is 0.660. The van der Waals surface area contributed by atoms with E-state index in [0.717, 1.165) is 5.56 Å². The lowest BCUT2D eigenvalue weighted by molar-refractivity contribution is 0.237. The van der Waals surface area contributed by atoms with Crippen LogP contribution in [-0.4, -0.2) is 16.4 Å². The molecule has 0 atom stereocenters. The molecular weight excluding hydrogens is 310 g/mol. The number of oxazole rings is 1. The van der Waals surface area contributed by atoms with Crippen LogP contribution < -0.4 is 0 Å². The molecule has 2 aromatic carbocycles. The third-order valence-corrected chi connectivity index (χ3v) is 3.86. The van der Waals surface area contributed by atoms with Gasteiger partial charge in [-0.1, -0.05) is 43.3 Å². The zero-order valence-electron chi connectivity index (χ0n) is 13.4. The van der Waals surface area contributed by atoms with Crippen molar-refractivity contribution < 1.29 is 13.2 Å². The second kappa shape index (κ2) is 7.36. The zero-order valence-corrected chi connectivity index (χ0v) is 13.4. The summed E-state index contributed by atoms with van der Waals surface area (Å²) in [7, 11) is 0. The number of rotatable bonds is 6. The predicted molar refractivity (Wildman–Crippen MR) is 88.1 cm³/mol. The van der Waals surface area contributed by atoms with Crippen LogP contribution in [0.4, 0.5) is 8.78 Å². The standard InChI is InChI=1S/C19H18F2N2O/c1-2-23(12-15-16(20)9-6-10-17(15)21)13-19-22-11-18(24-19)14-7-4-3-5-8-14/h3-11H,2,12-13H2,1H3. The minimum Gasteiger partial charge on any atom is -0.439 e. The van der Waals surface area contributed by atoms with Crippen molar-refractivity contribution in [1.82, 2.24) is 9.88 Å². The Morgan fingerprint density at radius 3 is 2.33 bits per heavy atom.